The molecule has 1 aliphatic heterocycles. The first kappa shape index (κ1) is 9.31. The third kappa shape index (κ3) is 2.37. The Morgan fingerprint density at radius 2 is 2.42 bits per heavy atom. The summed E-state index contributed by atoms with van der Waals surface area (Å²) < 4.78 is 0. The van der Waals surface area contributed by atoms with Gasteiger partial charge in [-0.05, 0) is 31.9 Å². The Kier molecular flexibility index (Phi) is 3.33. The lowest BCUT2D eigenvalue weighted by Crippen LogP contribution is -2.34. The Hall–Kier alpha value is -0.780. The van der Waals surface area contributed by atoms with Crippen molar-refractivity contribution in [1.29, 1.82) is 0 Å². The van der Waals surface area contributed by atoms with Gasteiger partial charge in [-0.15, -0.1) is 5.73 Å². The highest BCUT2D eigenvalue weighted by atomic mass is 15.1. The Morgan fingerprint density at radius 3 is 2.83 bits per heavy atom. The summed E-state index contributed by atoms with van der Waals surface area (Å²) in [7, 11) is 0. The molecule has 0 spiro atoms. The maximum absolute atomic E-state index is 3.57. The second-order valence-electron chi connectivity index (χ2n) is 3.47. The third-order valence-corrected chi connectivity index (χ3v) is 2.29. The van der Waals surface area contributed by atoms with Crippen LogP contribution in [-0.4, -0.2) is 24.0 Å². The average Bonchev–Trinajstić information content (AvgIpc) is 2.06. The molecule has 0 aromatic carbocycles. The second-order valence-corrected chi connectivity index (χ2v) is 3.47. The molecule has 1 aliphatic rings. The first-order chi connectivity index (χ1) is 5.74. The van der Waals surface area contributed by atoms with E-state index in [4.69, 9.17) is 0 Å². The number of nitrogens with zero attached hydrogens (tertiary/aromatic N) is 1. The van der Waals surface area contributed by atoms with Crippen LogP contribution in [0.3, 0.4) is 0 Å². The molecule has 1 heteroatoms. The predicted molar refractivity (Wildman–Crippen MR) is 53.1 cm³/mol. The molecule has 0 aliphatic carbocycles. The number of rotatable bonds is 2. The van der Waals surface area contributed by atoms with Crippen LogP contribution in [0.1, 0.15) is 20.3 Å². The van der Waals surface area contributed by atoms with E-state index in [9.17, 15) is 0 Å². The van der Waals surface area contributed by atoms with Crippen molar-refractivity contribution >= 4 is 0 Å². The van der Waals surface area contributed by atoms with E-state index in [1.165, 1.54) is 12.1 Å². The van der Waals surface area contributed by atoms with Crippen molar-refractivity contribution < 1.29 is 0 Å². The summed E-state index contributed by atoms with van der Waals surface area (Å²) >= 11 is 0. The highest BCUT2D eigenvalue weighted by molar-refractivity contribution is 5.20. The Balaban J connectivity index is 2.52. The summed E-state index contributed by atoms with van der Waals surface area (Å²) in [6.07, 6.45) is 5.39. The van der Waals surface area contributed by atoms with E-state index in [2.05, 4.69) is 37.1 Å². The summed E-state index contributed by atoms with van der Waals surface area (Å²) in [5.74, 6) is 0. The van der Waals surface area contributed by atoms with Crippen molar-refractivity contribution in [2.24, 2.45) is 0 Å². The number of hydrogen-bond donors (Lipinski definition) is 0. The van der Waals surface area contributed by atoms with Gasteiger partial charge in [0.1, 0.15) is 0 Å². The molecule has 0 fully saturated rings. The van der Waals surface area contributed by atoms with Crippen LogP contribution in [-0.2, 0) is 0 Å². The van der Waals surface area contributed by atoms with E-state index in [-0.39, 0.29) is 0 Å². The van der Waals surface area contributed by atoms with Gasteiger partial charge >= 0.3 is 0 Å². The van der Waals surface area contributed by atoms with Gasteiger partial charge < -0.3 is 0 Å². The SMILES string of the molecule is C=C=CC1=CCN(C(C)C)CC1. The Labute approximate surface area is 75.1 Å². The Bertz CT molecular complexity index is 219. The fraction of sp³-hybridized carbons (Fsp3) is 0.545. The molecule has 0 unspecified atom stereocenters. The minimum Gasteiger partial charge on any atom is -0.297 e. The van der Waals surface area contributed by atoms with Gasteiger partial charge in [0.15, 0.2) is 0 Å². The quantitative estimate of drug-likeness (QED) is 0.565. The zero-order chi connectivity index (χ0) is 8.97. The predicted octanol–water partition coefficient (Wildman–Crippen LogP) is 2.37. The largest absolute Gasteiger partial charge is 0.297 e. The molecule has 1 rings (SSSR count). The van der Waals surface area contributed by atoms with Crippen LogP contribution >= 0.6 is 0 Å². The van der Waals surface area contributed by atoms with E-state index < -0.39 is 0 Å². The fourth-order valence-electron chi connectivity index (χ4n) is 1.43. The van der Waals surface area contributed by atoms with E-state index in [1.807, 2.05) is 6.08 Å². The van der Waals surface area contributed by atoms with Gasteiger partial charge in [0.05, 0.1) is 0 Å². The van der Waals surface area contributed by atoms with Crippen molar-refractivity contribution in [2.45, 2.75) is 26.3 Å². The molecule has 66 valence electrons. The van der Waals surface area contributed by atoms with Crippen molar-refractivity contribution in [3.05, 3.63) is 30.0 Å². The van der Waals surface area contributed by atoms with Crippen LogP contribution in [0.25, 0.3) is 0 Å². The van der Waals surface area contributed by atoms with E-state index in [1.54, 1.807) is 0 Å². The normalized spacial score (nSPS) is 18.8. The lowest BCUT2D eigenvalue weighted by Gasteiger charge is -2.28. The molecule has 1 heterocycles. The summed E-state index contributed by atoms with van der Waals surface area (Å²) in [5.41, 5.74) is 4.20. The monoisotopic (exact) mass is 163 g/mol. The minimum absolute atomic E-state index is 0.663. The summed E-state index contributed by atoms with van der Waals surface area (Å²) in [6, 6.07) is 0.663. The van der Waals surface area contributed by atoms with Crippen LogP contribution in [0.4, 0.5) is 0 Å². The van der Waals surface area contributed by atoms with Crippen LogP contribution in [0, 0.1) is 0 Å². The molecule has 1 nitrogen and oxygen atoms in total. The topological polar surface area (TPSA) is 3.24 Å². The van der Waals surface area contributed by atoms with Crippen molar-refractivity contribution in [3.63, 3.8) is 0 Å². The first-order valence-corrected chi connectivity index (χ1v) is 4.53. The standard InChI is InChI=1S/C11H17N/c1-4-5-11-6-8-12(9-7-11)10(2)3/h5-6,10H,1,7-9H2,2-3H3. The van der Waals surface area contributed by atoms with Crippen LogP contribution in [0.15, 0.2) is 30.0 Å². The average molecular weight is 163 g/mol. The molecule has 0 aromatic rings. The Morgan fingerprint density at radius 1 is 1.67 bits per heavy atom. The number of allylic oxidation sites excluding steroid dienone is 1. The van der Waals surface area contributed by atoms with Gasteiger partial charge in [-0.2, -0.15) is 0 Å². The molecular weight excluding hydrogens is 146 g/mol. The van der Waals surface area contributed by atoms with Gasteiger partial charge in [0.25, 0.3) is 0 Å². The summed E-state index contributed by atoms with van der Waals surface area (Å²) in [6.45, 7) is 10.3. The highest BCUT2D eigenvalue weighted by Crippen LogP contribution is 2.13. The number of hydrogen-bond acceptors (Lipinski definition) is 1. The van der Waals surface area contributed by atoms with Gasteiger partial charge in [-0.1, -0.05) is 12.7 Å². The van der Waals surface area contributed by atoms with Crippen molar-refractivity contribution in [1.82, 2.24) is 4.90 Å². The smallest absolute Gasteiger partial charge is 0.0171 e. The third-order valence-electron chi connectivity index (χ3n) is 2.29. The second kappa shape index (κ2) is 4.30. The van der Waals surface area contributed by atoms with E-state index >= 15 is 0 Å². The molecule has 0 saturated heterocycles. The summed E-state index contributed by atoms with van der Waals surface area (Å²) in [5, 5.41) is 0. The lowest BCUT2D eigenvalue weighted by atomic mass is 10.1. The lowest BCUT2D eigenvalue weighted by molar-refractivity contribution is 0.240. The van der Waals surface area contributed by atoms with Crippen molar-refractivity contribution in [3.8, 4) is 0 Å². The zero-order valence-corrected chi connectivity index (χ0v) is 8.01. The van der Waals surface area contributed by atoms with Gasteiger partial charge in [0, 0.05) is 19.1 Å². The molecule has 0 bridgehead atoms. The van der Waals surface area contributed by atoms with Gasteiger partial charge in [0.2, 0.25) is 0 Å². The van der Waals surface area contributed by atoms with Gasteiger partial charge in [-0.25, -0.2) is 0 Å². The maximum atomic E-state index is 3.57. The van der Waals surface area contributed by atoms with Gasteiger partial charge in [-0.3, -0.25) is 4.90 Å². The molecule has 0 radical (unpaired) electrons. The molecule has 12 heavy (non-hydrogen) atoms. The van der Waals surface area contributed by atoms with Crippen molar-refractivity contribution in [2.75, 3.05) is 13.1 Å². The molecule has 0 amide bonds. The van der Waals surface area contributed by atoms with Crippen LogP contribution in [0.5, 0.6) is 0 Å². The summed E-state index contributed by atoms with van der Waals surface area (Å²) in [4.78, 5) is 2.46. The zero-order valence-electron chi connectivity index (χ0n) is 8.01. The van der Waals surface area contributed by atoms with E-state index in [0.717, 1.165) is 13.0 Å². The molecule has 0 aromatic heterocycles. The first-order valence-electron chi connectivity index (χ1n) is 4.53. The van der Waals surface area contributed by atoms with Crippen LogP contribution < -0.4 is 0 Å². The van der Waals surface area contributed by atoms with Crippen LogP contribution in [0.2, 0.25) is 0 Å². The molecule has 0 atom stereocenters. The fourth-order valence-corrected chi connectivity index (χ4v) is 1.43. The minimum atomic E-state index is 0.663. The molecule has 0 N–H and O–H groups in total. The van der Waals surface area contributed by atoms with E-state index in [0.29, 0.717) is 6.04 Å². The highest BCUT2D eigenvalue weighted by Gasteiger charge is 2.11. The molecule has 0 saturated carbocycles. The molecular formula is C11H17N. The maximum Gasteiger partial charge on any atom is 0.0171 e.